The van der Waals surface area contributed by atoms with Crippen molar-refractivity contribution in [2.45, 2.75) is 31.8 Å². The van der Waals surface area contributed by atoms with E-state index in [2.05, 4.69) is 5.32 Å². The zero-order chi connectivity index (χ0) is 18.4. The van der Waals surface area contributed by atoms with Crippen molar-refractivity contribution in [2.24, 2.45) is 0 Å². The zero-order valence-corrected chi connectivity index (χ0v) is 15.5. The van der Waals surface area contributed by atoms with Crippen LogP contribution in [0.15, 0.2) is 60.7 Å². The van der Waals surface area contributed by atoms with Crippen LogP contribution < -0.4 is 5.32 Å². The molecule has 1 fully saturated rings. The Morgan fingerprint density at radius 3 is 2.27 bits per heavy atom. The Morgan fingerprint density at radius 1 is 1.00 bits per heavy atom. The highest BCUT2D eigenvalue weighted by Crippen LogP contribution is 2.22. The summed E-state index contributed by atoms with van der Waals surface area (Å²) in [5.74, 6) is -0.186. The molecule has 0 aromatic heterocycles. The van der Waals surface area contributed by atoms with Crippen molar-refractivity contribution in [2.75, 3.05) is 12.3 Å². The largest absolute Gasteiger partial charge is 0.351 e. The number of nitrogens with zero attached hydrogens (tertiary/aromatic N) is 1. The minimum absolute atomic E-state index is 0.0273. The van der Waals surface area contributed by atoms with Gasteiger partial charge in [0, 0.05) is 13.1 Å². The first-order chi connectivity index (χ1) is 12.6. The summed E-state index contributed by atoms with van der Waals surface area (Å²) in [7, 11) is -3.46. The number of nitrogens with one attached hydrogen (secondary N) is 1. The molecule has 5 nitrogen and oxygen atoms in total. The molecule has 1 aliphatic rings. The first kappa shape index (κ1) is 18.6. The van der Waals surface area contributed by atoms with Crippen LogP contribution in [-0.2, 0) is 27.8 Å². The molecule has 1 amide bonds. The van der Waals surface area contributed by atoms with Gasteiger partial charge in [0.15, 0.2) is 0 Å². The first-order valence-electron chi connectivity index (χ1n) is 8.91. The van der Waals surface area contributed by atoms with Gasteiger partial charge in [0.1, 0.15) is 6.04 Å². The number of aryl methyl sites for hydroxylation is 1. The van der Waals surface area contributed by atoms with Gasteiger partial charge >= 0.3 is 0 Å². The second-order valence-corrected chi connectivity index (χ2v) is 8.56. The van der Waals surface area contributed by atoms with Gasteiger partial charge in [-0.15, -0.1) is 0 Å². The van der Waals surface area contributed by atoms with Crippen molar-refractivity contribution in [3.05, 3.63) is 71.8 Å². The van der Waals surface area contributed by atoms with Crippen LogP contribution in [-0.4, -0.2) is 37.0 Å². The van der Waals surface area contributed by atoms with Gasteiger partial charge in [-0.1, -0.05) is 60.7 Å². The topological polar surface area (TPSA) is 66.5 Å². The molecule has 1 atom stereocenters. The average Bonchev–Trinajstić information content (AvgIpc) is 3.17. The van der Waals surface area contributed by atoms with Crippen LogP contribution in [0.25, 0.3) is 0 Å². The third kappa shape index (κ3) is 4.71. The van der Waals surface area contributed by atoms with Crippen LogP contribution in [0.4, 0.5) is 0 Å². The van der Waals surface area contributed by atoms with Gasteiger partial charge < -0.3 is 5.32 Å². The van der Waals surface area contributed by atoms with Crippen molar-refractivity contribution in [3.63, 3.8) is 0 Å². The molecule has 1 N–H and O–H groups in total. The summed E-state index contributed by atoms with van der Waals surface area (Å²) < 4.78 is 26.9. The Balaban J connectivity index is 1.60. The first-order valence-corrected chi connectivity index (χ1v) is 10.5. The fourth-order valence-electron chi connectivity index (χ4n) is 3.25. The second-order valence-electron chi connectivity index (χ2n) is 6.52. The molecule has 0 unspecified atom stereocenters. The van der Waals surface area contributed by atoms with E-state index in [4.69, 9.17) is 0 Å². The molecule has 6 heteroatoms. The summed E-state index contributed by atoms with van der Waals surface area (Å²) in [4.78, 5) is 12.5. The van der Waals surface area contributed by atoms with E-state index in [0.717, 1.165) is 11.1 Å². The highest BCUT2D eigenvalue weighted by atomic mass is 32.2. The Labute approximate surface area is 155 Å². The maximum Gasteiger partial charge on any atom is 0.238 e. The standard InChI is InChI=1S/C20H24N2O3S/c23-20(21-16-18-10-5-2-6-11-18)19-12-7-14-22(19)26(24,25)15-13-17-8-3-1-4-9-17/h1-6,8-11,19H,7,12-16H2,(H,21,23)/t19-/m0/s1. The molecule has 3 rings (SSSR count). The van der Waals surface area contributed by atoms with E-state index < -0.39 is 16.1 Å². The molecule has 0 radical (unpaired) electrons. The van der Waals surface area contributed by atoms with E-state index in [1.807, 2.05) is 60.7 Å². The van der Waals surface area contributed by atoms with Gasteiger partial charge in [-0.3, -0.25) is 4.79 Å². The molecule has 0 saturated carbocycles. The van der Waals surface area contributed by atoms with Crippen LogP contribution in [0.3, 0.4) is 0 Å². The molecule has 2 aromatic carbocycles. The summed E-state index contributed by atoms with van der Waals surface area (Å²) >= 11 is 0. The number of sulfonamides is 1. The lowest BCUT2D eigenvalue weighted by Gasteiger charge is -2.23. The van der Waals surface area contributed by atoms with Crippen LogP contribution in [0.1, 0.15) is 24.0 Å². The van der Waals surface area contributed by atoms with E-state index in [-0.39, 0.29) is 11.7 Å². The molecule has 1 saturated heterocycles. The summed E-state index contributed by atoms with van der Waals surface area (Å²) in [6, 6.07) is 18.6. The van der Waals surface area contributed by atoms with E-state index in [1.165, 1.54) is 4.31 Å². The van der Waals surface area contributed by atoms with E-state index in [9.17, 15) is 13.2 Å². The van der Waals surface area contributed by atoms with Gasteiger partial charge in [0.05, 0.1) is 5.75 Å². The predicted octanol–water partition coefficient (Wildman–Crippen LogP) is 2.34. The monoisotopic (exact) mass is 372 g/mol. The highest BCUT2D eigenvalue weighted by molar-refractivity contribution is 7.89. The molecular formula is C20H24N2O3S. The predicted molar refractivity (Wildman–Crippen MR) is 102 cm³/mol. The Bertz CT molecular complexity index is 823. The lowest BCUT2D eigenvalue weighted by Crippen LogP contribution is -2.46. The minimum Gasteiger partial charge on any atom is -0.351 e. The third-order valence-electron chi connectivity index (χ3n) is 4.66. The number of hydrogen-bond acceptors (Lipinski definition) is 3. The summed E-state index contributed by atoms with van der Waals surface area (Å²) in [5, 5.41) is 2.87. The molecule has 1 aliphatic heterocycles. The Morgan fingerprint density at radius 2 is 1.62 bits per heavy atom. The number of benzene rings is 2. The number of amides is 1. The third-order valence-corrected chi connectivity index (χ3v) is 6.54. The van der Waals surface area contributed by atoms with Crippen molar-refractivity contribution in [3.8, 4) is 0 Å². The zero-order valence-electron chi connectivity index (χ0n) is 14.7. The number of hydrogen-bond donors (Lipinski definition) is 1. The smallest absolute Gasteiger partial charge is 0.238 e. The fraction of sp³-hybridized carbons (Fsp3) is 0.350. The van der Waals surface area contributed by atoms with E-state index in [1.54, 1.807) is 0 Å². The normalized spacial score (nSPS) is 17.9. The minimum atomic E-state index is -3.46. The Hall–Kier alpha value is -2.18. The quantitative estimate of drug-likeness (QED) is 0.811. The molecule has 0 spiro atoms. The van der Waals surface area contributed by atoms with Crippen LogP contribution in [0, 0.1) is 0 Å². The van der Waals surface area contributed by atoms with Crippen LogP contribution in [0.5, 0.6) is 0 Å². The molecule has 26 heavy (non-hydrogen) atoms. The van der Waals surface area contributed by atoms with Crippen molar-refractivity contribution in [1.82, 2.24) is 9.62 Å². The summed E-state index contributed by atoms with van der Waals surface area (Å²) in [6.45, 7) is 0.828. The van der Waals surface area contributed by atoms with E-state index >= 15 is 0 Å². The van der Waals surface area contributed by atoms with Gasteiger partial charge in [-0.2, -0.15) is 4.31 Å². The number of rotatable bonds is 7. The Kier molecular flexibility index (Phi) is 6.06. The number of carbonyl (C=O) groups excluding carboxylic acids is 1. The molecular weight excluding hydrogens is 348 g/mol. The number of carbonyl (C=O) groups is 1. The van der Waals surface area contributed by atoms with Crippen LogP contribution in [0.2, 0.25) is 0 Å². The molecule has 0 bridgehead atoms. The van der Waals surface area contributed by atoms with Gasteiger partial charge in [0.25, 0.3) is 0 Å². The van der Waals surface area contributed by atoms with Crippen molar-refractivity contribution in [1.29, 1.82) is 0 Å². The van der Waals surface area contributed by atoms with E-state index in [0.29, 0.717) is 32.4 Å². The maximum absolute atomic E-state index is 12.7. The lowest BCUT2D eigenvalue weighted by atomic mass is 10.2. The molecule has 138 valence electrons. The maximum atomic E-state index is 12.7. The van der Waals surface area contributed by atoms with Crippen molar-refractivity contribution >= 4 is 15.9 Å². The molecule has 0 aliphatic carbocycles. The fourth-order valence-corrected chi connectivity index (χ4v) is 4.97. The van der Waals surface area contributed by atoms with Gasteiger partial charge in [0.2, 0.25) is 15.9 Å². The van der Waals surface area contributed by atoms with Gasteiger partial charge in [-0.25, -0.2) is 8.42 Å². The molecule has 1 heterocycles. The van der Waals surface area contributed by atoms with Crippen LogP contribution >= 0.6 is 0 Å². The summed E-state index contributed by atoms with van der Waals surface area (Å²) in [6.07, 6.45) is 1.75. The average molecular weight is 372 g/mol. The second kappa shape index (κ2) is 8.47. The molecule has 2 aromatic rings. The lowest BCUT2D eigenvalue weighted by molar-refractivity contribution is -0.124. The summed E-state index contributed by atoms with van der Waals surface area (Å²) in [5.41, 5.74) is 1.98. The van der Waals surface area contributed by atoms with Crippen molar-refractivity contribution < 1.29 is 13.2 Å². The van der Waals surface area contributed by atoms with Gasteiger partial charge in [-0.05, 0) is 30.4 Å². The SMILES string of the molecule is O=C(NCc1ccccc1)[C@@H]1CCCN1S(=O)(=O)CCc1ccccc1. The highest BCUT2D eigenvalue weighted by Gasteiger charge is 2.38.